The van der Waals surface area contributed by atoms with Crippen molar-refractivity contribution in [3.63, 3.8) is 0 Å². The Balaban J connectivity index is 1.61. The van der Waals surface area contributed by atoms with Crippen molar-refractivity contribution >= 4 is 11.7 Å². The normalized spacial score (nSPS) is 16.5. The molecule has 5 nitrogen and oxygen atoms in total. The van der Waals surface area contributed by atoms with E-state index in [0.29, 0.717) is 6.54 Å². The minimum atomic E-state index is -0.453. The summed E-state index contributed by atoms with van der Waals surface area (Å²) in [5.41, 5.74) is 0.169. The van der Waals surface area contributed by atoms with Crippen LogP contribution in [0.25, 0.3) is 0 Å². The Morgan fingerprint density at radius 3 is 2.67 bits per heavy atom. The highest BCUT2D eigenvalue weighted by Crippen LogP contribution is 2.24. The zero-order valence-electron chi connectivity index (χ0n) is 13.5. The topological polar surface area (TPSA) is 57.5 Å². The molecule has 24 heavy (non-hydrogen) atoms. The lowest BCUT2D eigenvalue weighted by Crippen LogP contribution is -2.41. The average Bonchev–Trinajstić information content (AvgIpc) is 3.12. The van der Waals surface area contributed by atoms with E-state index in [4.69, 9.17) is 4.42 Å². The Hall–Kier alpha value is -2.34. The first-order valence-electron chi connectivity index (χ1n) is 8.31. The lowest BCUT2D eigenvalue weighted by molar-refractivity contribution is 0.144. The quantitative estimate of drug-likeness (QED) is 0.877. The van der Waals surface area contributed by atoms with Gasteiger partial charge < -0.3 is 15.1 Å². The second-order valence-electron chi connectivity index (χ2n) is 5.94. The number of halogens is 1. The number of amides is 2. The van der Waals surface area contributed by atoms with Gasteiger partial charge in [0.05, 0.1) is 18.0 Å². The number of furan rings is 1. The third-order valence-corrected chi connectivity index (χ3v) is 4.28. The largest absolute Gasteiger partial charge is 0.468 e. The molecule has 1 fully saturated rings. The number of hydrogen-bond donors (Lipinski definition) is 2. The fourth-order valence-electron chi connectivity index (χ4n) is 3.04. The van der Waals surface area contributed by atoms with E-state index in [1.165, 1.54) is 18.6 Å². The summed E-state index contributed by atoms with van der Waals surface area (Å²) in [7, 11) is 0. The summed E-state index contributed by atoms with van der Waals surface area (Å²) in [5.74, 6) is 0.384. The number of nitrogens with one attached hydrogen (secondary N) is 2. The second-order valence-corrected chi connectivity index (χ2v) is 5.94. The number of carbonyl (C=O) groups excluding carboxylic acids is 1. The van der Waals surface area contributed by atoms with Gasteiger partial charge in [0.1, 0.15) is 11.6 Å². The van der Waals surface area contributed by atoms with Crippen LogP contribution in [0.5, 0.6) is 0 Å². The van der Waals surface area contributed by atoms with Crippen molar-refractivity contribution in [3.8, 4) is 0 Å². The van der Waals surface area contributed by atoms with Crippen molar-refractivity contribution in [3.05, 3.63) is 54.2 Å². The number of benzene rings is 1. The van der Waals surface area contributed by atoms with E-state index in [9.17, 15) is 9.18 Å². The number of nitrogens with zero attached hydrogens (tertiary/aromatic N) is 1. The summed E-state index contributed by atoms with van der Waals surface area (Å²) in [4.78, 5) is 14.4. The zero-order chi connectivity index (χ0) is 16.8. The molecule has 2 N–H and O–H groups in total. The van der Waals surface area contributed by atoms with E-state index < -0.39 is 11.8 Å². The van der Waals surface area contributed by atoms with E-state index in [1.54, 1.807) is 18.4 Å². The number of hydrogen-bond acceptors (Lipinski definition) is 3. The maximum Gasteiger partial charge on any atom is 0.319 e. The molecule has 2 amide bonds. The van der Waals surface area contributed by atoms with Gasteiger partial charge in [-0.2, -0.15) is 0 Å². The van der Waals surface area contributed by atoms with Crippen molar-refractivity contribution < 1.29 is 13.6 Å². The zero-order valence-corrected chi connectivity index (χ0v) is 13.5. The fourth-order valence-corrected chi connectivity index (χ4v) is 3.04. The van der Waals surface area contributed by atoms with Gasteiger partial charge in [0, 0.05) is 6.54 Å². The molecule has 3 rings (SSSR count). The van der Waals surface area contributed by atoms with E-state index in [1.807, 2.05) is 12.1 Å². The van der Waals surface area contributed by atoms with Gasteiger partial charge in [0.25, 0.3) is 0 Å². The molecule has 1 saturated heterocycles. The summed E-state index contributed by atoms with van der Waals surface area (Å²) in [5, 5.41) is 5.37. The Kier molecular flexibility index (Phi) is 5.48. The van der Waals surface area contributed by atoms with Crippen LogP contribution in [0, 0.1) is 5.82 Å². The van der Waals surface area contributed by atoms with Gasteiger partial charge in [-0.05, 0) is 50.2 Å². The predicted octanol–water partition coefficient (Wildman–Crippen LogP) is 3.77. The molecule has 0 bridgehead atoms. The third kappa shape index (κ3) is 4.14. The standard InChI is InChI=1S/C18H22FN3O2/c19-14-7-2-3-8-15(14)21-18(23)20-13-16(17-9-6-12-24-17)22-10-4-1-5-11-22/h2-3,6-9,12,16H,1,4-5,10-11,13H2,(H2,20,21,23)/t16-/m1/s1. The molecule has 0 aliphatic carbocycles. The maximum absolute atomic E-state index is 13.6. The molecule has 2 heterocycles. The summed E-state index contributed by atoms with van der Waals surface area (Å²) in [6.07, 6.45) is 5.19. The van der Waals surface area contributed by atoms with Gasteiger partial charge in [-0.15, -0.1) is 0 Å². The predicted molar refractivity (Wildman–Crippen MR) is 90.3 cm³/mol. The molecule has 1 aromatic heterocycles. The Labute approximate surface area is 140 Å². The molecule has 1 atom stereocenters. The molecule has 128 valence electrons. The molecule has 6 heteroatoms. The molecule has 1 aromatic carbocycles. The molecule has 0 saturated carbocycles. The first-order chi connectivity index (χ1) is 11.7. The number of likely N-dealkylation sites (tertiary alicyclic amines) is 1. The van der Waals surface area contributed by atoms with Gasteiger partial charge in [0.15, 0.2) is 0 Å². The van der Waals surface area contributed by atoms with Crippen LogP contribution in [0.4, 0.5) is 14.9 Å². The summed E-state index contributed by atoms with van der Waals surface area (Å²) >= 11 is 0. The van der Waals surface area contributed by atoms with E-state index in [-0.39, 0.29) is 11.7 Å². The number of carbonyl (C=O) groups is 1. The third-order valence-electron chi connectivity index (χ3n) is 4.28. The fraction of sp³-hybridized carbons (Fsp3) is 0.389. The van der Waals surface area contributed by atoms with Crippen LogP contribution >= 0.6 is 0 Å². The van der Waals surface area contributed by atoms with Gasteiger partial charge >= 0.3 is 6.03 Å². The number of anilines is 1. The van der Waals surface area contributed by atoms with Crippen molar-refractivity contribution in [2.45, 2.75) is 25.3 Å². The van der Waals surface area contributed by atoms with Gasteiger partial charge in [-0.3, -0.25) is 4.90 Å². The van der Waals surface area contributed by atoms with Crippen molar-refractivity contribution in [1.82, 2.24) is 10.2 Å². The smallest absolute Gasteiger partial charge is 0.319 e. The maximum atomic E-state index is 13.6. The Morgan fingerprint density at radius 1 is 1.17 bits per heavy atom. The number of rotatable bonds is 5. The lowest BCUT2D eigenvalue weighted by Gasteiger charge is -2.33. The average molecular weight is 331 g/mol. The van der Waals surface area contributed by atoms with Crippen molar-refractivity contribution in [2.24, 2.45) is 0 Å². The van der Waals surface area contributed by atoms with Crippen molar-refractivity contribution in [1.29, 1.82) is 0 Å². The van der Waals surface area contributed by atoms with Crippen LogP contribution < -0.4 is 10.6 Å². The van der Waals surface area contributed by atoms with Gasteiger partial charge in [-0.1, -0.05) is 18.6 Å². The highest BCUT2D eigenvalue weighted by Gasteiger charge is 2.24. The summed E-state index contributed by atoms with van der Waals surface area (Å²) < 4.78 is 19.1. The minimum Gasteiger partial charge on any atom is -0.468 e. The van der Waals surface area contributed by atoms with E-state index >= 15 is 0 Å². The van der Waals surface area contributed by atoms with Gasteiger partial charge in [0.2, 0.25) is 0 Å². The van der Waals surface area contributed by atoms with E-state index in [0.717, 1.165) is 31.7 Å². The first-order valence-corrected chi connectivity index (χ1v) is 8.31. The van der Waals surface area contributed by atoms with Crippen LogP contribution in [0.3, 0.4) is 0 Å². The molecule has 1 aliphatic heterocycles. The molecule has 0 radical (unpaired) electrons. The van der Waals surface area contributed by atoms with Crippen LogP contribution in [-0.4, -0.2) is 30.6 Å². The number of para-hydroxylation sites is 1. The monoisotopic (exact) mass is 331 g/mol. The molecular weight excluding hydrogens is 309 g/mol. The first kappa shape index (κ1) is 16.5. The Bertz CT molecular complexity index is 654. The molecule has 1 aliphatic rings. The summed E-state index contributed by atoms with van der Waals surface area (Å²) in [6.45, 7) is 2.39. The van der Waals surface area contributed by atoms with Crippen LogP contribution in [0.15, 0.2) is 47.1 Å². The van der Waals surface area contributed by atoms with Crippen LogP contribution in [0.2, 0.25) is 0 Å². The van der Waals surface area contributed by atoms with Gasteiger partial charge in [-0.25, -0.2) is 9.18 Å². The summed E-state index contributed by atoms with van der Waals surface area (Å²) in [6, 6.07) is 9.46. The highest BCUT2D eigenvalue weighted by atomic mass is 19.1. The molecule has 0 spiro atoms. The lowest BCUT2D eigenvalue weighted by atomic mass is 10.1. The van der Waals surface area contributed by atoms with Crippen molar-refractivity contribution in [2.75, 3.05) is 25.0 Å². The number of urea groups is 1. The van der Waals surface area contributed by atoms with E-state index in [2.05, 4.69) is 15.5 Å². The SMILES string of the molecule is O=C(NC[C@H](c1ccco1)N1CCCCC1)Nc1ccccc1F. The highest BCUT2D eigenvalue weighted by molar-refractivity contribution is 5.89. The molecule has 2 aromatic rings. The van der Waals surface area contributed by atoms with Crippen LogP contribution in [0.1, 0.15) is 31.1 Å². The molecular formula is C18H22FN3O2. The molecule has 0 unspecified atom stereocenters. The number of piperidine rings is 1. The Morgan fingerprint density at radius 2 is 1.96 bits per heavy atom. The van der Waals surface area contributed by atoms with Crippen LogP contribution in [-0.2, 0) is 0 Å². The minimum absolute atomic E-state index is 0.00771. The second kappa shape index (κ2) is 7.97.